The number of ether oxygens (including phenoxy) is 4. The Hall–Kier alpha value is -3.67. The number of benzene rings is 4. The molecule has 22 nitrogen and oxygen atoms in total. The van der Waals surface area contributed by atoms with Crippen LogP contribution in [0.15, 0.2) is 12.1 Å². The molecule has 10 atom stereocenters. The van der Waals surface area contributed by atoms with E-state index in [0.717, 1.165) is 66.8 Å². The molecule has 8 aliphatic heterocycles. The van der Waals surface area contributed by atoms with E-state index in [-0.39, 0.29) is 197 Å². The molecular formula is C57H70Ac2AgN8O14. The van der Waals surface area contributed by atoms with Crippen LogP contribution < -0.4 is 29.6 Å². The van der Waals surface area contributed by atoms with Crippen LogP contribution in [0, 0.1) is 151 Å². The molecule has 2 fully saturated rings. The summed E-state index contributed by atoms with van der Waals surface area (Å²) in [4.78, 5) is 41.8. The Morgan fingerprint density at radius 3 is 1.43 bits per heavy atom. The summed E-state index contributed by atoms with van der Waals surface area (Å²) in [7, 11) is 4.03. The van der Waals surface area contributed by atoms with Crippen molar-refractivity contribution in [3.8, 4) is 52.1 Å². The Balaban J connectivity index is 0.000000214. The minimum absolute atomic E-state index is 0. The fourth-order valence-corrected chi connectivity index (χ4v) is 14.3. The van der Waals surface area contributed by atoms with E-state index in [1.54, 1.807) is 13.8 Å². The van der Waals surface area contributed by atoms with E-state index < -0.39 is 29.4 Å². The Labute approximate surface area is 563 Å². The molecule has 2 saturated heterocycles. The summed E-state index contributed by atoms with van der Waals surface area (Å²) in [6.07, 6.45) is 1.99. The van der Waals surface area contributed by atoms with Gasteiger partial charge in [0.05, 0.1) is 36.3 Å². The molecule has 2 amide bonds. The quantitative estimate of drug-likeness (QED) is 0.0701. The number of amides is 2. The molecule has 0 spiro atoms. The van der Waals surface area contributed by atoms with Gasteiger partial charge < -0.3 is 60.3 Å². The van der Waals surface area contributed by atoms with Crippen molar-refractivity contribution in [3.05, 3.63) is 100 Å². The molecule has 0 aromatic heterocycles. The molecule has 4 aromatic rings. The van der Waals surface area contributed by atoms with Gasteiger partial charge in [0.15, 0.2) is 23.0 Å². The molecule has 0 saturated carbocycles. The van der Waals surface area contributed by atoms with E-state index in [1.807, 2.05) is 55.6 Å². The fourth-order valence-electron chi connectivity index (χ4n) is 14.3. The number of aryl methyl sites for hydroxylation is 2. The molecule has 8 N–H and O–H groups in total. The third-order valence-electron chi connectivity index (χ3n) is 18.4. The van der Waals surface area contributed by atoms with Crippen LogP contribution in [0.3, 0.4) is 0 Å². The van der Waals surface area contributed by atoms with E-state index in [1.165, 1.54) is 0 Å². The SMILES string of the molecule is CCC(=O)NC[C@H]1c2c(c(O)c(C)c3c2OCO3)CC2[C@H]3c4c(cc(C)c(C)c4O)C[C@@H]([C@H](C#N)N21)N3C.CCC(=O)NC[C@H]1c2c(c(O)c(C)c3c2OCO3)CC2[C@H]3c4c(cc(C)c(C)c4O)C[C@@H]([C@H](O)N21)N3C.O=[N+]([O-])O.[Ac].[Ac].[Ag]. The van der Waals surface area contributed by atoms with Crippen molar-refractivity contribution >= 4 is 11.8 Å². The van der Waals surface area contributed by atoms with Crippen molar-refractivity contribution in [1.82, 2.24) is 30.2 Å². The van der Waals surface area contributed by atoms with Gasteiger partial charge in [0.1, 0.15) is 35.3 Å². The van der Waals surface area contributed by atoms with Gasteiger partial charge in [-0.05, 0) is 115 Å². The van der Waals surface area contributed by atoms with E-state index in [2.05, 4.69) is 48.4 Å². The number of nitrogens with one attached hydrogen (secondary N) is 2. The number of carbonyl (C=O) groups is 2. The van der Waals surface area contributed by atoms with Gasteiger partial charge in [-0.2, -0.15) is 5.26 Å². The van der Waals surface area contributed by atoms with Crippen molar-refractivity contribution < 1.29 is 175 Å². The molecule has 439 valence electrons. The second kappa shape index (κ2) is 25.7. The number of nitrogens with zero attached hydrogens (tertiary/aromatic N) is 6. The zero-order chi connectivity index (χ0) is 57.0. The van der Waals surface area contributed by atoms with Crippen molar-refractivity contribution in [2.75, 3.05) is 40.8 Å². The Morgan fingerprint density at radius 2 is 1.01 bits per heavy atom. The molecule has 4 bridgehead atoms. The molecule has 82 heavy (non-hydrogen) atoms. The van der Waals surface area contributed by atoms with Gasteiger partial charge in [-0.3, -0.25) is 29.2 Å². The van der Waals surface area contributed by atoms with Gasteiger partial charge in [0.25, 0.3) is 5.09 Å². The molecule has 8 aliphatic rings. The second-order valence-corrected chi connectivity index (χ2v) is 22.1. The standard InChI is InChI=1S/C29H34N4O5.C28H35N3O6.2Ac.Ag.HNO3/c1-6-22(34)31-11-21-24-17(26(35)15(4)28-29(24)38-12-37-28)9-19-25-23-16(7-13(2)14(3)27(23)36)8-18(32(25)5)20(10-30)33(19)21;1-6-20(32)29-10-19-22-16(24(33)14(4)26-27(22)37-11-36-26)9-17-23-21-15(7-12(2)13(3)25(21)34)8-18(30(23)5)28(35)31(17)19;;;;2-1(3)4/h7,18-21,25,35-36H,6,8-9,11-12H2,1-5H3,(H,31,34);7,17-19,23,28,33-35H,6,8-11H2,1-5H3,(H,29,32);;;;(H,2,3,4)/t18-,19?,20-,21-,25-;17?,18-,19-,23-,28-;;;;/m00..../s1. The molecule has 3 radical (unpaired) electrons. The fraction of sp³-hybridized carbons (Fsp3) is 0.526. The number of carbonyl (C=O) groups excluding carboxylic acids is 2. The number of hydrogen-bond acceptors (Lipinski definition) is 18. The number of nitriles is 1. The van der Waals surface area contributed by atoms with Crippen LogP contribution in [0.2, 0.25) is 0 Å². The van der Waals surface area contributed by atoms with Crippen LogP contribution in [0.5, 0.6) is 46.0 Å². The summed E-state index contributed by atoms with van der Waals surface area (Å²) in [5, 5.41) is 87.7. The van der Waals surface area contributed by atoms with Gasteiger partial charge in [0, 0.05) is 199 Å². The number of phenolic OH excluding ortho intramolecular Hbond substituents is 4. The van der Waals surface area contributed by atoms with E-state index in [9.17, 15) is 40.4 Å². The van der Waals surface area contributed by atoms with Crippen LogP contribution >= 0.6 is 0 Å². The molecule has 0 aliphatic carbocycles. The maximum absolute atomic E-state index is 12.4. The monoisotopic (exact) mass is 1650 g/mol. The molecule has 25 heteroatoms. The van der Waals surface area contributed by atoms with Crippen LogP contribution in [0.4, 0.5) is 0 Å². The van der Waals surface area contributed by atoms with Crippen molar-refractivity contribution in [1.29, 1.82) is 5.26 Å². The smallest absolute Gasteiger partial charge is 0.291 e. The third kappa shape index (κ3) is 10.8. The van der Waals surface area contributed by atoms with E-state index in [0.29, 0.717) is 84.1 Å². The summed E-state index contributed by atoms with van der Waals surface area (Å²) in [6, 6.07) is 4.33. The van der Waals surface area contributed by atoms with Crippen molar-refractivity contribution in [3.63, 3.8) is 0 Å². The van der Waals surface area contributed by atoms with Gasteiger partial charge >= 0.3 is 0 Å². The second-order valence-electron chi connectivity index (χ2n) is 22.1. The third-order valence-corrected chi connectivity index (χ3v) is 18.4. The number of fused-ring (bicyclic) bond motifs is 18. The van der Waals surface area contributed by atoms with Crippen LogP contribution in [-0.2, 0) is 57.7 Å². The summed E-state index contributed by atoms with van der Waals surface area (Å²) < 4.78 is 23.3. The maximum Gasteiger partial charge on any atom is 0.291 e. The molecule has 8 heterocycles. The first-order valence-corrected chi connectivity index (χ1v) is 26.9. The largest absolute Gasteiger partial charge is 0.507 e. The van der Waals surface area contributed by atoms with Gasteiger partial charge in [-0.25, -0.2) is 0 Å². The topological polar surface area (TPSA) is 296 Å². The number of hydrogen-bond donors (Lipinski definition) is 8. The number of likely N-dealkylation sites (N-methyl/N-ethyl adjacent to an activating group) is 2. The first kappa shape index (κ1) is 65.9. The van der Waals surface area contributed by atoms with Crippen molar-refractivity contribution in [2.45, 2.75) is 155 Å². The Kier molecular flexibility index (Phi) is 20.7. The number of phenols is 4. The summed E-state index contributed by atoms with van der Waals surface area (Å²) in [5.41, 5.74) is 12.0. The zero-order valence-corrected chi connectivity index (χ0v) is 58.6. The van der Waals surface area contributed by atoms with Gasteiger partial charge in [-0.1, -0.05) is 26.0 Å². The van der Waals surface area contributed by atoms with E-state index in [4.69, 9.17) is 34.3 Å². The number of piperazine rings is 2. The molecule has 2 unspecified atom stereocenters. The van der Waals surface area contributed by atoms with Crippen LogP contribution in [-0.4, -0.2) is 144 Å². The van der Waals surface area contributed by atoms with E-state index >= 15 is 0 Å². The van der Waals surface area contributed by atoms with Crippen LogP contribution in [0.1, 0.15) is 129 Å². The Bertz CT molecular complexity index is 3250. The molecule has 12 rings (SSSR count). The first-order valence-electron chi connectivity index (χ1n) is 26.9. The van der Waals surface area contributed by atoms with Gasteiger partial charge in [0.2, 0.25) is 25.4 Å². The summed E-state index contributed by atoms with van der Waals surface area (Å²) in [5.74, 6) is 2.93. The minimum Gasteiger partial charge on any atom is -0.507 e. The number of aliphatic hydroxyl groups excluding tert-OH is 1. The van der Waals surface area contributed by atoms with Crippen molar-refractivity contribution in [2.24, 2.45) is 0 Å². The Morgan fingerprint density at radius 1 is 0.634 bits per heavy atom. The average molecular weight is 1650 g/mol. The summed E-state index contributed by atoms with van der Waals surface area (Å²) >= 11 is 0. The number of aromatic hydroxyl groups is 4. The number of aliphatic hydroxyl groups is 1. The normalized spacial score (nSPS) is 25.5. The minimum atomic E-state index is -1.50. The van der Waals surface area contributed by atoms with Crippen LogP contribution in [0.25, 0.3) is 0 Å². The zero-order valence-electron chi connectivity index (χ0n) is 47.6. The van der Waals surface area contributed by atoms with Gasteiger partial charge in [-0.15, -0.1) is 10.1 Å². The first-order chi connectivity index (χ1) is 37.6. The maximum atomic E-state index is 12.4. The number of rotatable bonds is 6. The average Bonchev–Trinajstić information content (AvgIpc) is 4.31. The summed E-state index contributed by atoms with van der Waals surface area (Å²) in [6.45, 7) is 15.7. The molecular weight excluding hydrogens is 1580 g/mol. The predicted octanol–water partition coefficient (Wildman–Crippen LogP) is 5.17. The predicted molar refractivity (Wildman–Crippen MR) is 284 cm³/mol. The molecule has 4 aromatic carbocycles.